The van der Waals surface area contributed by atoms with Crippen molar-refractivity contribution in [3.63, 3.8) is 0 Å². The second kappa shape index (κ2) is 8.54. The first kappa shape index (κ1) is 18.2. The zero-order chi connectivity index (χ0) is 14.4. The van der Waals surface area contributed by atoms with E-state index >= 15 is 0 Å². The molecular formula is C11H20IN5O3S. The van der Waals surface area contributed by atoms with E-state index in [4.69, 9.17) is 0 Å². The van der Waals surface area contributed by atoms with Crippen molar-refractivity contribution >= 4 is 40.0 Å². The summed E-state index contributed by atoms with van der Waals surface area (Å²) in [5.41, 5.74) is 0.386. The Bertz CT molecular complexity index is 542. The second-order valence-corrected chi connectivity index (χ2v) is 6.37. The highest BCUT2D eigenvalue weighted by Gasteiger charge is 2.22. The summed E-state index contributed by atoms with van der Waals surface area (Å²) in [5, 5.41) is 9.84. The molecule has 2 rings (SSSR count). The van der Waals surface area contributed by atoms with E-state index in [9.17, 15) is 8.42 Å². The number of sulfonamides is 1. The van der Waals surface area contributed by atoms with Crippen molar-refractivity contribution in [2.24, 2.45) is 4.99 Å². The minimum atomic E-state index is -3.39. The summed E-state index contributed by atoms with van der Waals surface area (Å²) in [6, 6.07) is 2.03. The van der Waals surface area contributed by atoms with E-state index in [1.165, 1.54) is 12.3 Å². The van der Waals surface area contributed by atoms with Gasteiger partial charge in [-0.2, -0.15) is 0 Å². The van der Waals surface area contributed by atoms with Crippen LogP contribution in [0.4, 0.5) is 0 Å². The topological polar surface area (TPSA) is 109 Å². The van der Waals surface area contributed by atoms with Crippen LogP contribution in [0.1, 0.15) is 18.5 Å². The Kier molecular flexibility index (Phi) is 7.39. The first-order valence-corrected chi connectivity index (χ1v) is 8.08. The standard InChI is InChI=1S/C11H19N5O3S.HI/c1-12-11(15-9-2-3-9)13-5-6-14-20(17,18)8-10-4-7-19-16-10;/h4,7,9,14H,2-3,5-6,8H2,1H3,(H2,12,13,15);1H. The second-order valence-electron chi connectivity index (χ2n) is 4.56. The Hall–Kier alpha value is -0.880. The number of rotatable bonds is 7. The number of nitrogens with one attached hydrogen (secondary N) is 3. The Labute approximate surface area is 141 Å². The van der Waals surface area contributed by atoms with Gasteiger partial charge in [-0.1, -0.05) is 5.16 Å². The Morgan fingerprint density at radius 2 is 2.24 bits per heavy atom. The molecule has 0 radical (unpaired) electrons. The highest BCUT2D eigenvalue weighted by Crippen LogP contribution is 2.18. The molecule has 1 aromatic rings. The molecule has 0 saturated heterocycles. The Balaban J connectivity index is 0.00000220. The van der Waals surface area contributed by atoms with Crippen LogP contribution in [0.2, 0.25) is 0 Å². The number of hydrogen-bond acceptors (Lipinski definition) is 5. The predicted octanol–water partition coefficient (Wildman–Crippen LogP) is 0.0394. The van der Waals surface area contributed by atoms with Gasteiger partial charge in [0.05, 0.1) is 5.69 Å². The summed E-state index contributed by atoms with van der Waals surface area (Å²) in [4.78, 5) is 4.06. The van der Waals surface area contributed by atoms with Crippen LogP contribution < -0.4 is 15.4 Å². The number of aliphatic imine (C=N–C) groups is 1. The smallest absolute Gasteiger partial charge is 0.217 e. The molecular weight excluding hydrogens is 409 g/mol. The molecule has 1 aliphatic carbocycles. The zero-order valence-electron chi connectivity index (χ0n) is 11.7. The lowest BCUT2D eigenvalue weighted by Crippen LogP contribution is -2.42. The molecule has 0 unspecified atom stereocenters. The van der Waals surface area contributed by atoms with Crippen molar-refractivity contribution in [3.8, 4) is 0 Å². The van der Waals surface area contributed by atoms with Crippen molar-refractivity contribution in [2.75, 3.05) is 20.1 Å². The van der Waals surface area contributed by atoms with Crippen LogP contribution in [0.3, 0.4) is 0 Å². The first-order chi connectivity index (χ1) is 9.59. The summed E-state index contributed by atoms with van der Waals surface area (Å²) < 4.78 is 30.6. The maximum atomic E-state index is 11.7. The van der Waals surface area contributed by atoms with E-state index in [0.717, 1.165) is 12.8 Å². The van der Waals surface area contributed by atoms with Crippen molar-refractivity contribution < 1.29 is 12.9 Å². The van der Waals surface area contributed by atoms with Gasteiger partial charge in [0.1, 0.15) is 12.0 Å². The molecule has 1 aliphatic rings. The fourth-order valence-electron chi connectivity index (χ4n) is 1.56. The van der Waals surface area contributed by atoms with Crippen molar-refractivity contribution in [1.29, 1.82) is 0 Å². The van der Waals surface area contributed by atoms with Crippen LogP contribution in [-0.2, 0) is 15.8 Å². The third-order valence-electron chi connectivity index (χ3n) is 2.71. The molecule has 1 heterocycles. The SMILES string of the molecule is CN=C(NCCNS(=O)(=O)Cc1ccon1)NC1CC1.I. The molecule has 1 aromatic heterocycles. The molecule has 0 bridgehead atoms. The van der Waals surface area contributed by atoms with E-state index in [1.807, 2.05) is 0 Å². The molecule has 21 heavy (non-hydrogen) atoms. The van der Waals surface area contributed by atoms with Gasteiger partial charge in [-0.3, -0.25) is 4.99 Å². The molecule has 0 aromatic carbocycles. The van der Waals surface area contributed by atoms with Crippen LogP contribution >= 0.6 is 24.0 Å². The number of guanidine groups is 1. The summed E-state index contributed by atoms with van der Waals surface area (Å²) in [6.07, 6.45) is 3.66. The maximum absolute atomic E-state index is 11.7. The zero-order valence-corrected chi connectivity index (χ0v) is 14.9. The Morgan fingerprint density at radius 3 is 2.81 bits per heavy atom. The van der Waals surface area contributed by atoms with Crippen LogP contribution in [0, 0.1) is 0 Å². The molecule has 0 aliphatic heterocycles. The highest BCUT2D eigenvalue weighted by molar-refractivity contribution is 14.0. The molecule has 1 saturated carbocycles. The normalized spacial score (nSPS) is 15.4. The van der Waals surface area contributed by atoms with Gasteiger partial charge in [0.2, 0.25) is 10.0 Å². The lowest BCUT2D eigenvalue weighted by Gasteiger charge is -2.11. The third kappa shape index (κ3) is 7.09. The van der Waals surface area contributed by atoms with Gasteiger partial charge in [0.25, 0.3) is 0 Å². The van der Waals surface area contributed by atoms with E-state index in [0.29, 0.717) is 24.2 Å². The number of halogens is 1. The van der Waals surface area contributed by atoms with E-state index < -0.39 is 10.0 Å². The number of aromatic nitrogens is 1. The lowest BCUT2D eigenvalue weighted by molar-refractivity contribution is 0.413. The van der Waals surface area contributed by atoms with Gasteiger partial charge in [0.15, 0.2) is 5.96 Å². The summed E-state index contributed by atoms with van der Waals surface area (Å²) >= 11 is 0. The fourth-order valence-corrected chi connectivity index (χ4v) is 2.61. The molecule has 8 nitrogen and oxygen atoms in total. The van der Waals surface area contributed by atoms with E-state index in [2.05, 4.69) is 30.0 Å². The van der Waals surface area contributed by atoms with Crippen molar-refractivity contribution in [3.05, 3.63) is 18.0 Å². The predicted molar refractivity (Wildman–Crippen MR) is 90.1 cm³/mol. The lowest BCUT2D eigenvalue weighted by atomic mass is 10.5. The van der Waals surface area contributed by atoms with Crippen molar-refractivity contribution in [2.45, 2.75) is 24.6 Å². The monoisotopic (exact) mass is 429 g/mol. The minimum absolute atomic E-state index is 0. The molecule has 120 valence electrons. The largest absolute Gasteiger partial charge is 0.364 e. The molecule has 0 spiro atoms. The van der Waals surface area contributed by atoms with Crippen LogP contribution in [0.25, 0.3) is 0 Å². The molecule has 0 atom stereocenters. The first-order valence-electron chi connectivity index (χ1n) is 6.43. The molecule has 3 N–H and O–H groups in total. The molecule has 10 heteroatoms. The van der Waals surface area contributed by atoms with Crippen LogP contribution in [0.5, 0.6) is 0 Å². The van der Waals surface area contributed by atoms with Crippen LogP contribution in [0.15, 0.2) is 21.8 Å². The number of nitrogens with zero attached hydrogens (tertiary/aromatic N) is 2. The van der Waals surface area contributed by atoms with Gasteiger partial charge in [0, 0.05) is 32.2 Å². The summed E-state index contributed by atoms with van der Waals surface area (Å²) in [5.74, 6) is 0.515. The Morgan fingerprint density at radius 1 is 1.48 bits per heavy atom. The quantitative estimate of drug-likeness (QED) is 0.245. The average Bonchev–Trinajstić information content (AvgIpc) is 3.08. The highest BCUT2D eigenvalue weighted by atomic mass is 127. The molecule has 1 fully saturated rings. The number of hydrogen-bond donors (Lipinski definition) is 3. The fraction of sp³-hybridized carbons (Fsp3) is 0.636. The van der Waals surface area contributed by atoms with Crippen LogP contribution in [-0.4, -0.2) is 45.7 Å². The van der Waals surface area contributed by atoms with Gasteiger partial charge in [-0.05, 0) is 12.8 Å². The van der Waals surface area contributed by atoms with E-state index in [1.54, 1.807) is 7.05 Å². The minimum Gasteiger partial charge on any atom is -0.364 e. The summed E-state index contributed by atoms with van der Waals surface area (Å²) in [6.45, 7) is 0.746. The summed E-state index contributed by atoms with van der Waals surface area (Å²) in [7, 11) is -1.71. The van der Waals surface area contributed by atoms with Gasteiger partial charge >= 0.3 is 0 Å². The van der Waals surface area contributed by atoms with Gasteiger partial charge in [-0.25, -0.2) is 13.1 Å². The van der Waals surface area contributed by atoms with E-state index in [-0.39, 0.29) is 36.3 Å². The van der Waals surface area contributed by atoms with Gasteiger partial charge < -0.3 is 15.2 Å². The molecule has 0 amide bonds. The van der Waals surface area contributed by atoms with Gasteiger partial charge in [-0.15, -0.1) is 24.0 Å². The average molecular weight is 429 g/mol. The maximum Gasteiger partial charge on any atom is 0.217 e. The van der Waals surface area contributed by atoms with Crippen molar-refractivity contribution in [1.82, 2.24) is 20.5 Å². The third-order valence-corrected chi connectivity index (χ3v) is 4.03.